The van der Waals surface area contributed by atoms with E-state index in [-0.39, 0.29) is 11.9 Å². The number of amides is 1. The first kappa shape index (κ1) is 22.5. The van der Waals surface area contributed by atoms with Crippen molar-refractivity contribution in [2.45, 2.75) is 57.4 Å². The van der Waals surface area contributed by atoms with Gasteiger partial charge in [-0.25, -0.2) is 8.78 Å². The first-order valence-corrected chi connectivity index (χ1v) is 11.1. The molecule has 1 N–H and O–H groups in total. The van der Waals surface area contributed by atoms with Crippen molar-refractivity contribution in [3.05, 3.63) is 29.8 Å². The molecule has 0 atom stereocenters. The summed E-state index contributed by atoms with van der Waals surface area (Å²) in [7, 11) is 0. The molecule has 30 heavy (non-hydrogen) atoms. The van der Waals surface area contributed by atoms with Crippen LogP contribution in [0.15, 0.2) is 18.2 Å². The minimum absolute atomic E-state index is 0.0765. The second-order valence-corrected chi connectivity index (χ2v) is 8.51. The number of carbonyl (C=O) groups excluding carboxylic acids is 1. The van der Waals surface area contributed by atoms with E-state index >= 15 is 0 Å². The number of piperazine rings is 1. The maximum absolute atomic E-state index is 13.5. The van der Waals surface area contributed by atoms with Crippen LogP contribution in [0.1, 0.15) is 51.4 Å². The zero-order valence-electron chi connectivity index (χ0n) is 17.6. The zero-order valence-corrected chi connectivity index (χ0v) is 17.6. The molecular formula is C23H32F2N4O. The highest BCUT2D eigenvalue weighted by molar-refractivity contribution is 5.76. The van der Waals surface area contributed by atoms with Crippen LogP contribution in [0.2, 0.25) is 0 Å². The first-order chi connectivity index (χ1) is 14.5. The Labute approximate surface area is 178 Å². The normalized spacial score (nSPS) is 22.5. The van der Waals surface area contributed by atoms with E-state index in [1.54, 1.807) is 6.07 Å². The number of rotatable bonds is 8. The standard InChI is InChI=1S/C23H32F2N4O/c24-21-9-8-20(17-22(21)25)29-15-13-28(14-16-29)12-10-18-4-6-19(7-5-18)27-23(30)3-1-2-11-26/h8-9,17-19H,1-7,10,12-16H2,(H,27,30). The molecule has 0 bridgehead atoms. The van der Waals surface area contributed by atoms with Crippen molar-refractivity contribution in [3.63, 3.8) is 0 Å². The Morgan fingerprint density at radius 3 is 2.50 bits per heavy atom. The first-order valence-electron chi connectivity index (χ1n) is 11.1. The monoisotopic (exact) mass is 418 g/mol. The molecule has 2 aliphatic rings. The minimum Gasteiger partial charge on any atom is -0.369 e. The van der Waals surface area contributed by atoms with E-state index in [1.165, 1.54) is 18.6 Å². The zero-order chi connectivity index (χ0) is 21.3. The summed E-state index contributed by atoms with van der Waals surface area (Å²) in [6, 6.07) is 6.49. The highest BCUT2D eigenvalue weighted by Crippen LogP contribution is 2.27. The van der Waals surface area contributed by atoms with Crippen molar-refractivity contribution in [3.8, 4) is 6.07 Å². The van der Waals surface area contributed by atoms with Gasteiger partial charge in [-0.1, -0.05) is 0 Å². The number of hydrogen-bond acceptors (Lipinski definition) is 4. The van der Waals surface area contributed by atoms with E-state index in [9.17, 15) is 13.6 Å². The molecule has 5 nitrogen and oxygen atoms in total. The van der Waals surface area contributed by atoms with Crippen LogP contribution < -0.4 is 10.2 Å². The van der Waals surface area contributed by atoms with Crippen molar-refractivity contribution in [2.75, 3.05) is 37.6 Å². The van der Waals surface area contributed by atoms with Gasteiger partial charge in [-0.05, 0) is 63.1 Å². The molecule has 0 unspecified atom stereocenters. The fourth-order valence-electron chi connectivity index (χ4n) is 4.50. The molecule has 1 saturated carbocycles. The van der Waals surface area contributed by atoms with Crippen LogP contribution in [0.5, 0.6) is 0 Å². The predicted molar refractivity (Wildman–Crippen MR) is 113 cm³/mol. The van der Waals surface area contributed by atoms with Crippen LogP contribution in [-0.2, 0) is 4.79 Å². The molecule has 1 amide bonds. The Balaban J connectivity index is 1.30. The summed E-state index contributed by atoms with van der Waals surface area (Å²) < 4.78 is 26.6. The number of benzene rings is 1. The van der Waals surface area contributed by atoms with E-state index in [4.69, 9.17) is 5.26 Å². The van der Waals surface area contributed by atoms with E-state index in [0.717, 1.165) is 64.1 Å². The number of halogens is 2. The number of nitrogens with zero attached hydrogens (tertiary/aromatic N) is 3. The Morgan fingerprint density at radius 1 is 1.10 bits per heavy atom. The van der Waals surface area contributed by atoms with Gasteiger partial charge in [-0.15, -0.1) is 0 Å². The predicted octanol–water partition coefficient (Wildman–Crippen LogP) is 3.85. The van der Waals surface area contributed by atoms with Crippen molar-refractivity contribution in [1.82, 2.24) is 10.2 Å². The lowest BCUT2D eigenvalue weighted by Gasteiger charge is -2.37. The smallest absolute Gasteiger partial charge is 0.220 e. The third-order valence-corrected chi connectivity index (χ3v) is 6.40. The summed E-state index contributed by atoms with van der Waals surface area (Å²) in [5, 5.41) is 11.7. The molecule has 164 valence electrons. The van der Waals surface area contributed by atoms with Gasteiger partial charge in [-0.2, -0.15) is 5.26 Å². The Kier molecular flexibility index (Phi) is 8.44. The van der Waals surface area contributed by atoms with Crippen LogP contribution in [0.25, 0.3) is 0 Å². The van der Waals surface area contributed by atoms with Crippen molar-refractivity contribution < 1.29 is 13.6 Å². The maximum Gasteiger partial charge on any atom is 0.220 e. The lowest BCUT2D eigenvalue weighted by atomic mass is 9.84. The van der Waals surface area contributed by atoms with Crippen LogP contribution in [0.4, 0.5) is 14.5 Å². The molecule has 2 fully saturated rings. The van der Waals surface area contributed by atoms with Gasteiger partial charge in [-0.3, -0.25) is 9.69 Å². The molecule has 1 aromatic carbocycles. The molecule has 7 heteroatoms. The van der Waals surface area contributed by atoms with Crippen LogP contribution in [0.3, 0.4) is 0 Å². The van der Waals surface area contributed by atoms with Crippen LogP contribution in [-0.4, -0.2) is 49.6 Å². The molecule has 1 aromatic rings. The number of hydrogen-bond donors (Lipinski definition) is 1. The molecule has 1 heterocycles. The highest BCUT2D eigenvalue weighted by atomic mass is 19.2. The summed E-state index contributed by atoms with van der Waals surface area (Å²) in [5.74, 6) is -0.803. The lowest BCUT2D eigenvalue weighted by Crippen LogP contribution is -2.47. The molecule has 1 saturated heterocycles. The fourth-order valence-corrected chi connectivity index (χ4v) is 4.50. The van der Waals surface area contributed by atoms with Gasteiger partial charge in [0.25, 0.3) is 0 Å². The van der Waals surface area contributed by atoms with Crippen LogP contribution in [0, 0.1) is 28.9 Å². The molecule has 3 rings (SSSR count). The summed E-state index contributed by atoms with van der Waals surface area (Å²) in [4.78, 5) is 16.5. The highest BCUT2D eigenvalue weighted by Gasteiger charge is 2.24. The number of anilines is 1. The quantitative estimate of drug-likeness (QED) is 0.652. The number of nitrogens with one attached hydrogen (secondary N) is 1. The molecule has 1 aliphatic heterocycles. The lowest BCUT2D eigenvalue weighted by molar-refractivity contribution is -0.122. The van der Waals surface area contributed by atoms with Gasteiger partial charge in [0, 0.05) is 56.8 Å². The second kappa shape index (κ2) is 11.3. The van der Waals surface area contributed by atoms with Crippen molar-refractivity contribution in [1.29, 1.82) is 5.26 Å². The average Bonchev–Trinajstić information content (AvgIpc) is 2.76. The van der Waals surface area contributed by atoms with E-state index < -0.39 is 11.6 Å². The molecule has 1 aliphatic carbocycles. The van der Waals surface area contributed by atoms with E-state index in [2.05, 4.69) is 21.2 Å². The second-order valence-electron chi connectivity index (χ2n) is 8.51. The van der Waals surface area contributed by atoms with Gasteiger partial charge in [0.1, 0.15) is 0 Å². The average molecular weight is 419 g/mol. The Hall–Kier alpha value is -2.20. The summed E-state index contributed by atoms with van der Waals surface area (Å²) in [6.45, 7) is 4.60. The van der Waals surface area contributed by atoms with Gasteiger partial charge >= 0.3 is 0 Å². The summed E-state index contributed by atoms with van der Waals surface area (Å²) >= 11 is 0. The third-order valence-electron chi connectivity index (χ3n) is 6.40. The van der Waals surface area contributed by atoms with Crippen LogP contribution >= 0.6 is 0 Å². The van der Waals surface area contributed by atoms with Gasteiger partial charge < -0.3 is 10.2 Å². The van der Waals surface area contributed by atoms with Gasteiger partial charge in [0.15, 0.2) is 11.6 Å². The summed E-state index contributed by atoms with van der Waals surface area (Å²) in [5.41, 5.74) is 0.751. The van der Waals surface area contributed by atoms with Gasteiger partial charge in [0.05, 0.1) is 6.07 Å². The molecule has 0 spiro atoms. The molecular weight excluding hydrogens is 386 g/mol. The van der Waals surface area contributed by atoms with Crippen molar-refractivity contribution >= 4 is 11.6 Å². The van der Waals surface area contributed by atoms with Crippen molar-refractivity contribution in [2.24, 2.45) is 5.92 Å². The fraction of sp³-hybridized carbons (Fsp3) is 0.652. The maximum atomic E-state index is 13.5. The number of unbranched alkanes of at least 4 members (excludes halogenated alkanes) is 1. The summed E-state index contributed by atoms with van der Waals surface area (Å²) in [6.07, 6.45) is 7.08. The topological polar surface area (TPSA) is 59.4 Å². The Morgan fingerprint density at radius 2 is 1.83 bits per heavy atom. The SMILES string of the molecule is N#CCCCC(=O)NC1CCC(CCN2CCN(c3ccc(F)c(F)c3)CC2)CC1. The number of carbonyl (C=O) groups is 1. The van der Waals surface area contributed by atoms with E-state index in [0.29, 0.717) is 25.2 Å². The largest absolute Gasteiger partial charge is 0.369 e. The minimum atomic E-state index is -0.800. The third kappa shape index (κ3) is 6.66. The Bertz CT molecular complexity index is 735. The number of nitriles is 1. The molecule has 0 radical (unpaired) electrons. The van der Waals surface area contributed by atoms with Gasteiger partial charge in [0.2, 0.25) is 5.91 Å². The van der Waals surface area contributed by atoms with E-state index in [1.807, 2.05) is 0 Å². The molecule has 0 aromatic heterocycles.